The Morgan fingerprint density at radius 3 is 2.32 bits per heavy atom. The first-order valence-electron chi connectivity index (χ1n) is 8.26. The van der Waals surface area contributed by atoms with Crippen molar-refractivity contribution in [2.45, 2.75) is 44.9 Å². The molecule has 0 radical (unpaired) electrons. The van der Waals surface area contributed by atoms with Gasteiger partial charge in [-0.05, 0) is 55.2 Å². The predicted molar refractivity (Wildman–Crippen MR) is 89.4 cm³/mol. The third-order valence-corrected chi connectivity index (χ3v) is 4.99. The molecule has 0 aliphatic heterocycles. The summed E-state index contributed by atoms with van der Waals surface area (Å²) in [6.45, 7) is 2.31. The molecule has 1 aromatic carbocycles. The van der Waals surface area contributed by atoms with Crippen molar-refractivity contribution < 1.29 is 0 Å². The van der Waals surface area contributed by atoms with Crippen LogP contribution >= 0.6 is 0 Å². The van der Waals surface area contributed by atoms with Gasteiger partial charge in [-0.3, -0.25) is 4.98 Å². The molecule has 0 saturated heterocycles. The lowest BCUT2D eigenvalue weighted by atomic mass is 9.78. The summed E-state index contributed by atoms with van der Waals surface area (Å²) in [7, 11) is 0. The summed E-state index contributed by atoms with van der Waals surface area (Å²) in [5.41, 5.74) is 4.12. The Morgan fingerprint density at radius 1 is 1.05 bits per heavy atom. The van der Waals surface area contributed by atoms with Gasteiger partial charge in [0.05, 0.1) is 11.3 Å². The Hall–Kier alpha value is -2.14. The van der Waals surface area contributed by atoms with Crippen molar-refractivity contribution in [2.24, 2.45) is 5.92 Å². The molecule has 2 heteroatoms. The average Bonchev–Trinajstić information content (AvgIpc) is 2.62. The van der Waals surface area contributed by atoms with Crippen LogP contribution in [0.4, 0.5) is 0 Å². The van der Waals surface area contributed by atoms with Crippen molar-refractivity contribution in [2.75, 3.05) is 0 Å². The summed E-state index contributed by atoms with van der Waals surface area (Å²) in [5, 5.41) is 8.83. The monoisotopic (exact) mass is 290 g/mol. The van der Waals surface area contributed by atoms with E-state index in [9.17, 15) is 0 Å². The first kappa shape index (κ1) is 14.8. The molecule has 1 heterocycles. The third kappa shape index (κ3) is 3.20. The van der Waals surface area contributed by atoms with Gasteiger partial charge in [-0.1, -0.05) is 37.6 Å². The maximum atomic E-state index is 8.83. The van der Waals surface area contributed by atoms with E-state index in [1.807, 2.05) is 12.1 Å². The Labute approximate surface area is 132 Å². The molecule has 2 aromatic rings. The second-order valence-electron chi connectivity index (χ2n) is 6.29. The largest absolute Gasteiger partial charge is 0.255 e. The van der Waals surface area contributed by atoms with Crippen LogP contribution in [0.15, 0.2) is 42.6 Å². The van der Waals surface area contributed by atoms with Crippen LogP contribution in [0, 0.1) is 17.2 Å². The van der Waals surface area contributed by atoms with E-state index < -0.39 is 0 Å². The van der Waals surface area contributed by atoms with E-state index in [1.165, 1.54) is 37.7 Å². The van der Waals surface area contributed by atoms with Crippen LogP contribution in [0.25, 0.3) is 11.3 Å². The number of aromatic nitrogens is 1. The van der Waals surface area contributed by atoms with Gasteiger partial charge in [-0.15, -0.1) is 0 Å². The molecule has 112 valence electrons. The molecule has 1 fully saturated rings. The van der Waals surface area contributed by atoms with Gasteiger partial charge in [-0.2, -0.15) is 5.26 Å². The second-order valence-corrected chi connectivity index (χ2v) is 6.29. The molecule has 0 N–H and O–H groups in total. The van der Waals surface area contributed by atoms with Crippen LogP contribution in [-0.2, 0) is 0 Å². The summed E-state index contributed by atoms with van der Waals surface area (Å²) >= 11 is 0. The number of nitrogens with zero attached hydrogens (tertiary/aromatic N) is 2. The molecule has 1 aromatic heterocycles. The molecular weight excluding hydrogens is 268 g/mol. The van der Waals surface area contributed by atoms with E-state index in [2.05, 4.69) is 42.2 Å². The highest BCUT2D eigenvalue weighted by atomic mass is 14.7. The molecule has 0 amide bonds. The Balaban J connectivity index is 1.71. The number of nitriles is 1. The fourth-order valence-corrected chi connectivity index (χ4v) is 3.46. The minimum atomic E-state index is 0.605. The Bertz CT molecular complexity index is 642. The quantitative estimate of drug-likeness (QED) is 0.768. The summed E-state index contributed by atoms with van der Waals surface area (Å²) in [4.78, 5) is 4.36. The van der Waals surface area contributed by atoms with Crippen molar-refractivity contribution in [3.05, 3.63) is 53.7 Å². The van der Waals surface area contributed by atoms with Gasteiger partial charge >= 0.3 is 0 Å². The van der Waals surface area contributed by atoms with Crippen LogP contribution in [0.3, 0.4) is 0 Å². The standard InChI is InChI=1S/C20H22N2/c1-2-15-3-6-17(7-4-15)18-8-10-19(11-9-18)20-12-5-16(13-21)14-22-20/h5,8-12,14-15,17H,2-4,6-7H2,1H3. The zero-order chi connectivity index (χ0) is 15.4. The van der Waals surface area contributed by atoms with E-state index in [0.29, 0.717) is 5.56 Å². The van der Waals surface area contributed by atoms with E-state index in [0.717, 1.165) is 23.1 Å². The molecule has 0 spiro atoms. The summed E-state index contributed by atoms with van der Waals surface area (Å²) in [6.07, 6.45) is 8.37. The van der Waals surface area contributed by atoms with Gasteiger partial charge in [-0.25, -0.2) is 0 Å². The van der Waals surface area contributed by atoms with E-state index in [-0.39, 0.29) is 0 Å². The molecule has 22 heavy (non-hydrogen) atoms. The molecule has 0 unspecified atom stereocenters. The molecule has 1 aliphatic rings. The summed E-state index contributed by atoms with van der Waals surface area (Å²) in [5.74, 6) is 1.67. The van der Waals surface area contributed by atoms with Crippen LogP contribution in [-0.4, -0.2) is 4.98 Å². The van der Waals surface area contributed by atoms with Crippen molar-refractivity contribution in [1.82, 2.24) is 4.98 Å². The van der Waals surface area contributed by atoms with Crippen LogP contribution in [0.2, 0.25) is 0 Å². The summed E-state index contributed by atoms with van der Waals surface area (Å²) < 4.78 is 0. The maximum absolute atomic E-state index is 8.83. The molecule has 0 bridgehead atoms. The minimum absolute atomic E-state index is 0.605. The van der Waals surface area contributed by atoms with Crippen LogP contribution in [0.1, 0.15) is 56.1 Å². The predicted octanol–water partition coefficient (Wildman–Crippen LogP) is 5.30. The SMILES string of the molecule is CCC1CCC(c2ccc(-c3ccc(C#N)cn3)cc2)CC1. The lowest BCUT2D eigenvalue weighted by molar-refractivity contribution is 0.319. The smallest absolute Gasteiger partial charge is 0.101 e. The zero-order valence-corrected chi connectivity index (χ0v) is 13.1. The molecule has 3 rings (SSSR count). The minimum Gasteiger partial charge on any atom is -0.255 e. The van der Waals surface area contributed by atoms with Crippen LogP contribution < -0.4 is 0 Å². The van der Waals surface area contributed by atoms with Gasteiger partial charge < -0.3 is 0 Å². The van der Waals surface area contributed by atoms with Gasteiger partial charge in [0.25, 0.3) is 0 Å². The molecule has 0 atom stereocenters. The van der Waals surface area contributed by atoms with Gasteiger partial charge in [0.1, 0.15) is 6.07 Å². The molecule has 1 aliphatic carbocycles. The normalized spacial score (nSPS) is 21.3. The topological polar surface area (TPSA) is 36.7 Å². The highest BCUT2D eigenvalue weighted by Crippen LogP contribution is 2.37. The summed E-state index contributed by atoms with van der Waals surface area (Å²) in [6, 6.07) is 14.7. The van der Waals surface area contributed by atoms with Crippen molar-refractivity contribution in [3.8, 4) is 17.3 Å². The Morgan fingerprint density at radius 2 is 1.77 bits per heavy atom. The number of benzene rings is 1. The molecule has 1 saturated carbocycles. The first-order valence-corrected chi connectivity index (χ1v) is 8.26. The maximum Gasteiger partial charge on any atom is 0.101 e. The lowest BCUT2D eigenvalue weighted by Crippen LogP contribution is -2.12. The lowest BCUT2D eigenvalue weighted by Gasteiger charge is -2.28. The average molecular weight is 290 g/mol. The van der Waals surface area contributed by atoms with Gasteiger partial charge in [0.15, 0.2) is 0 Å². The fraction of sp³-hybridized carbons (Fsp3) is 0.400. The third-order valence-electron chi connectivity index (χ3n) is 4.99. The second kappa shape index (κ2) is 6.75. The highest BCUT2D eigenvalue weighted by Gasteiger charge is 2.21. The van der Waals surface area contributed by atoms with Crippen LogP contribution in [0.5, 0.6) is 0 Å². The first-order chi connectivity index (χ1) is 10.8. The highest BCUT2D eigenvalue weighted by molar-refractivity contribution is 5.60. The van der Waals surface area contributed by atoms with Crippen molar-refractivity contribution in [3.63, 3.8) is 0 Å². The molecule has 2 nitrogen and oxygen atoms in total. The van der Waals surface area contributed by atoms with E-state index >= 15 is 0 Å². The van der Waals surface area contributed by atoms with Gasteiger partial charge in [0.2, 0.25) is 0 Å². The van der Waals surface area contributed by atoms with Crippen molar-refractivity contribution in [1.29, 1.82) is 5.26 Å². The zero-order valence-electron chi connectivity index (χ0n) is 13.1. The number of rotatable bonds is 3. The van der Waals surface area contributed by atoms with E-state index in [4.69, 9.17) is 5.26 Å². The fourth-order valence-electron chi connectivity index (χ4n) is 3.46. The van der Waals surface area contributed by atoms with Gasteiger partial charge in [0, 0.05) is 11.8 Å². The number of pyridine rings is 1. The molecular formula is C20H22N2. The Kier molecular flexibility index (Phi) is 4.53. The number of hydrogen-bond acceptors (Lipinski definition) is 2. The van der Waals surface area contributed by atoms with E-state index in [1.54, 1.807) is 6.20 Å². The number of hydrogen-bond donors (Lipinski definition) is 0. The van der Waals surface area contributed by atoms with Crippen molar-refractivity contribution >= 4 is 0 Å².